The summed E-state index contributed by atoms with van der Waals surface area (Å²) in [5, 5.41) is 5.65. The van der Waals surface area contributed by atoms with E-state index in [1.54, 1.807) is 28.6 Å². The number of rotatable bonds is 7. The van der Waals surface area contributed by atoms with Gasteiger partial charge in [0.25, 0.3) is 0 Å². The molecule has 29 heavy (non-hydrogen) atoms. The molecule has 0 unspecified atom stereocenters. The molecule has 1 aliphatic carbocycles. The molecule has 3 rings (SSSR count). The zero-order valence-corrected chi connectivity index (χ0v) is 18.2. The van der Waals surface area contributed by atoms with E-state index >= 15 is 0 Å². The molecule has 1 saturated carbocycles. The van der Waals surface area contributed by atoms with Gasteiger partial charge in [0.15, 0.2) is 0 Å². The van der Waals surface area contributed by atoms with E-state index in [2.05, 4.69) is 22.6 Å². The molecule has 2 fully saturated rings. The van der Waals surface area contributed by atoms with Crippen molar-refractivity contribution < 1.29 is 13.2 Å². The third-order valence-electron chi connectivity index (χ3n) is 6.01. The number of hydrogen-bond acceptors (Lipinski definition) is 4. The Bertz CT molecular complexity index is 753. The third kappa shape index (κ3) is 6.17. The highest BCUT2D eigenvalue weighted by molar-refractivity contribution is 7.89. The molecule has 7 nitrogen and oxygen atoms in total. The molecule has 0 aromatic heterocycles. The number of likely N-dealkylation sites (N-methyl/N-ethyl adjacent to an activating group) is 1. The molecule has 0 radical (unpaired) electrons. The smallest absolute Gasteiger partial charge is 0.319 e. The van der Waals surface area contributed by atoms with Gasteiger partial charge < -0.3 is 15.5 Å². The SMILES string of the molecule is CN(CCNC(=O)Nc1ccc(S(=O)(=O)N2CCCCCC2)cc1)C1CCCC1. The van der Waals surface area contributed by atoms with Gasteiger partial charge in [-0.1, -0.05) is 25.7 Å². The van der Waals surface area contributed by atoms with Gasteiger partial charge in [0, 0.05) is 37.9 Å². The van der Waals surface area contributed by atoms with Gasteiger partial charge in [-0.25, -0.2) is 13.2 Å². The highest BCUT2D eigenvalue weighted by Gasteiger charge is 2.25. The highest BCUT2D eigenvalue weighted by Crippen LogP contribution is 2.22. The van der Waals surface area contributed by atoms with Crippen molar-refractivity contribution >= 4 is 21.7 Å². The Morgan fingerprint density at radius 1 is 1.03 bits per heavy atom. The lowest BCUT2D eigenvalue weighted by atomic mass is 10.2. The highest BCUT2D eigenvalue weighted by atomic mass is 32.2. The van der Waals surface area contributed by atoms with Crippen molar-refractivity contribution in [1.29, 1.82) is 0 Å². The fourth-order valence-corrected chi connectivity index (χ4v) is 5.71. The molecule has 1 aromatic carbocycles. The van der Waals surface area contributed by atoms with Gasteiger partial charge in [-0.3, -0.25) is 0 Å². The minimum Gasteiger partial charge on any atom is -0.337 e. The van der Waals surface area contributed by atoms with E-state index in [0.717, 1.165) is 32.2 Å². The molecule has 8 heteroatoms. The third-order valence-corrected chi connectivity index (χ3v) is 7.93. The van der Waals surface area contributed by atoms with Crippen molar-refractivity contribution in [2.75, 3.05) is 38.5 Å². The van der Waals surface area contributed by atoms with Crippen LogP contribution in [-0.2, 0) is 10.0 Å². The maximum absolute atomic E-state index is 12.8. The van der Waals surface area contributed by atoms with Crippen LogP contribution in [0.5, 0.6) is 0 Å². The van der Waals surface area contributed by atoms with Crippen LogP contribution in [-0.4, -0.2) is 62.9 Å². The molecule has 0 atom stereocenters. The minimum atomic E-state index is -3.46. The fraction of sp³-hybridized carbons (Fsp3) is 0.667. The van der Waals surface area contributed by atoms with E-state index in [-0.39, 0.29) is 10.9 Å². The van der Waals surface area contributed by atoms with Crippen molar-refractivity contribution in [3.05, 3.63) is 24.3 Å². The van der Waals surface area contributed by atoms with E-state index in [1.165, 1.54) is 25.7 Å². The largest absolute Gasteiger partial charge is 0.337 e. The number of carbonyl (C=O) groups is 1. The van der Waals surface area contributed by atoms with Crippen LogP contribution in [0.25, 0.3) is 0 Å². The maximum Gasteiger partial charge on any atom is 0.319 e. The Hall–Kier alpha value is -1.64. The topological polar surface area (TPSA) is 81.8 Å². The molecule has 2 amide bonds. The predicted octanol–water partition coefficient (Wildman–Crippen LogP) is 3.25. The number of carbonyl (C=O) groups excluding carboxylic acids is 1. The van der Waals surface area contributed by atoms with Crippen LogP contribution in [0.3, 0.4) is 0 Å². The first-order valence-corrected chi connectivity index (χ1v) is 12.3. The number of anilines is 1. The van der Waals surface area contributed by atoms with Gasteiger partial charge in [-0.05, 0) is 57.0 Å². The molecular formula is C21H34N4O3S. The van der Waals surface area contributed by atoms with Crippen molar-refractivity contribution in [2.24, 2.45) is 0 Å². The average Bonchev–Trinajstić information content (AvgIpc) is 3.10. The van der Waals surface area contributed by atoms with Gasteiger partial charge in [0.05, 0.1) is 4.90 Å². The van der Waals surface area contributed by atoms with Crippen LogP contribution < -0.4 is 10.6 Å². The Labute approximate surface area is 174 Å². The molecule has 0 bridgehead atoms. The molecule has 1 aromatic rings. The van der Waals surface area contributed by atoms with Crippen molar-refractivity contribution in [3.63, 3.8) is 0 Å². The minimum absolute atomic E-state index is 0.270. The molecule has 2 N–H and O–H groups in total. The first-order chi connectivity index (χ1) is 14.0. The molecule has 1 heterocycles. The zero-order valence-electron chi connectivity index (χ0n) is 17.4. The van der Waals surface area contributed by atoms with Crippen molar-refractivity contribution in [2.45, 2.75) is 62.3 Å². The van der Waals surface area contributed by atoms with Gasteiger partial charge in [0.1, 0.15) is 0 Å². The van der Waals surface area contributed by atoms with E-state index < -0.39 is 10.0 Å². The monoisotopic (exact) mass is 422 g/mol. The summed E-state index contributed by atoms with van der Waals surface area (Å²) in [4.78, 5) is 14.7. The Kier molecular flexibility index (Phi) is 7.91. The second-order valence-electron chi connectivity index (χ2n) is 8.14. The normalized spacial score (nSPS) is 19.2. The second-order valence-corrected chi connectivity index (χ2v) is 10.1. The van der Waals surface area contributed by atoms with Crippen LogP contribution in [0.2, 0.25) is 0 Å². The summed E-state index contributed by atoms with van der Waals surface area (Å²) >= 11 is 0. The van der Waals surface area contributed by atoms with E-state index in [4.69, 9.17) is 0 Å². The van der Waals surface area contributed by atoms with Crippen LogP contribution in [0.4, 0.5) is 10.5 Å². The summed E-state index contributed by atoms with van der Waals surface area (Å²) in [5.41, 5.74) is 0.585. The molecular weight excluding hydrogens is 388 g/mol. The molecule has 2 aliphatic rings. The quantitative estimate of drug-likeness (QED) is 0.707. The van der Waals surface area contributed by atoms with E-state index in [1.807, 2.05) is 0 Å². The Balaban J connectivity index is 1.47. The lowest BCUT2D eigenvalue weighted by Crippen LogP contribution is -2.38. The van der Waals surface area contributed by atoms with Gasteiger partial charge in [0.2, 0.25) is 10.0 Å². The lowest BCUT2D eigenvalue weighted by molar-refractivity contribution is 0.235. The second kappa shape index (κ2) is 10.4. The Morgan fingerprint density at radius 3 is 2.28 bits per heavy atom. The van der Waals surface area contributed by atoms with E-state index in [9.17, 15) is 13.2 Å². The molecule has 162 valence electrons. The number of nitrogens with zero attached hydrogens (tertiary/aromatic N) is 2. The van der Waals surface area contributed by atoms with Crippen molar-refractivity contribution in [1.82, 2.24) is 14.5 Å². The summed E-state index contributed by atoms with van der Waals surface area (Å²) in [6.45, 7) is 2.57. The first kappa shape index (κ1) is 22.1. The zero-order chi connectivity index (χ0) is 20.7. The molecule has 1 aliphatic heterocycles. The van der Waals surface area contributed by atoms with Crippen LogP contribution in [0, 0.1) is 0 Å². The van der Waals surface area contributed by atoms with Crippen LogP contribution >= 0.6 is 0 Å². The van der Waals surface area contributed by atoms with Gasteiger partial charge >= 0.3 is 6.03 Å². The van der Waals surface area contributed by atoms with Crippen LogP contribution in [0.15, 0.2) is 29.2 Å². The first-order valence-electron chi connectivity index (χ1n) is 10.8. The van der Waals surface area contributed by atoms with E-state index in [0.29, 0.717) is 31.4 Å². The lowest BCUT2D eigenvalue weighted by Gasteiger charge is -2.23. The Morgan fingerprint density at radius 2 is 1.66 bits per heavy atom. The van der Waals surface area contributed by atoms with Gasteiger partial charge in [-0.2, -0.15) is 4.31 Å². The number of urea groups is 1. The predicted molar refractivity (Wildman–Crippen MR) is 116 cm³/mol. The average molecular weight is 423 g/mol. The molecule has 0 spiro atoms. The number of amides is 2. The number of nitrogens with one attached hydrogen (secondary N) is 2. The standard InChI is InChI=1S/C21H34N4O3S/c1-24(19-8-4-5-9-19)17-14-22-21(26)23-18-10-12-20(13-11-18)29(27,28)25-15-6-2-3-7-16-25/h10-13,19H,2-9,14-17H2,1H3,(H2,22,23,26). The summed E-state index contributed by atoms with van der Waals surface area (Å²) in [7, 11) is -1.35. The summed E-state index contributed by atoms with van der Waals surface area (Å²) in [6, 6.07) is 6.81. The molecule has 1 saturated heterocycles. The summed E-state index contributed by atoms with van der Waals surface area (Å²) in [6.07, 6.45) is 9.08. The summed E-state index contributed by atoms with van der Waals surface area (Å²) in [5.74, 6) is 0. The maximum atomic E-state index is 12.8. The fourth-order valence-electron chi connectivity index (χ4n) is 4.19. The number of benzene rings is 1. The van der Waals surface area contributed by atoms with Crippen LogP contribution in [0.1, 0.15) is 51.4 Å². The van der Waals surface area contributed by atoms with Crippen molar-refractivity contribution in [3.8, 4) is 0 Å². The summed E-state index contributed by atoms with van der Waals surface area (Å²) < 4.78 is 27.2. The number of hydrogen-bond donors (Lipinski definition) is 2. The number of sulfonamides is 1. The van der Waals surface area contributed by atoms with Gasteiger partial charge in [-0.15, -0.1) is 0 Å².